The largest absolute Gasteiger partial charge is 0.465 e. The number of nitrogens with one attached hydrogen (secondary N) is 1. The number of aromatic nitrogens is 1. The van der Waals surface area contributed by atoms with Gasteiger partial charge in [0.1, 0.15) is 0 Å². The van der Waals surface area contributed by atoms with Gasteiger partial charge in [0.2, 0.25) is 5.91 Å². The first kappa shape index (κ1) is 17.7. The van der Waals surface area contributed by atoms with Gasteiger partial charge in [0.15, 0.2) is 0 Å². The molecule has 1 aromatic rings. The monoisotopic (exact) mass is 346 g/mol. The van der Waals surface area contributed by atoms with Gasteiger partial charge in [-0.05, 0) is 51.4 Å². The molecule has 136 valence electrons. The fourth-order valence-corrected chi connectivity index (χ4v) is 3.91. The molecule has 3 rings (SSSR count). The van der Waals surface area contributed by atoms with Gasteiger partial charge in [0, 0.05) is 36.9 Å². The lowest BCUT2D eigenvalue weighted by molar-refractivity contribution is -0.127. The molecule has 2 aliphatic rings. The van der Waals surface area contributed by atoms with Crippen LogP contribution in [0.4, 0.5) is 4.79 Å². The first-order chi connectivity index (χ1) is 12.0. The molecule has 3 heterocycles. The first-order valence-corrected chi connectivity index (χ1v) is 8.89. The number of likely N-dealkylation sites (tertiary alicyclic amines) is 2. The molecule has 0 unspecified atom stereocenters. The number of carbonyl (C=O) groups excluding carboxylic acids is 1. The Balaban J connectivity index is 1.75. The number of hydrogen-bond donors (Lipinski definition) is 2. The van der Waals surface area contributed by atoms with Crippen LogP contribution in [0.2, 0.25) is 0 Å². The lowest BCUT2D eigenvalue weighted by Crippen LogP contribution is -2.60. The van der Waals surface area contributed by atoms with Crippen molar-refractivity contribution in [2.24, 2.45) is 0 Å². The van der Waals surface area contributed by atoms with Crippen LogP contribution in [0.15, 0.2) is 24.4 Å². The minimum Gasteiger partial charge on any atom is -0.465 e. The molecule has 7 heteroatoms. The molecule has 0 radical (unpaired) electrons. The van der Waals surface area contributed by atoms with Crippen molar-refractivity contribution in [1.82, 2.24) is 20.1 Å². The predicted octanol–water partition coefficient (Wildman–Crippen LogP) is 1.35. The van der Waals surface area contributed by atoms with E-state index in [1.807, 2.05) is 25.2 Å². The van der Waals surface area contributed by atoms with Crippen LogP contribution in [0.25, 0.3) is 0 Å². The zero-order chi connectivity index (χ0) is 17.9. The smallest absolute Gasteiger partial charge is 0.407 e. The second-order valence-corrected chi connectivity index (χ2v) is 7.18. The Morgan fingerprint density at radius 2 is 2.08 bits per heavy atom. The van der Waals surface area contributed by atoms with Gasteiger partial charge in [0.25, 0.3) is 0 Å². The van der Waals surface area contributed by atoms with Crippen molar-refractivity contribution >= 4 is 12.0 Å². The van der Waals surface area contributed by atoms with Crippen LogP contribution in [-0.2, 0) is 11.2 Å². The van der Waals surface area contributed by atoms with Gasteiger partial charge in [0.05, 0.1) is 6.04 Å². The summed E-state index contributed by atoms with van der Waals surface area (Å²) in [4.78, 5) is 32.0. The summed E-state index contributed by atoms with van der Waals surface area (Å²) < 4.78 is 0. The van der Waals surface area contributed by atoms with E-state index in [4.69, 9.17) is 0 Å². The highest BCUT2D eigenvalue weighted by Gasteiger charge is 2.40. The molecule has 0 bridgehead atoms. The topological polar surface area (TPSA) is 85.8 Å². The highest BCUT2D eigenvalue weighted by Crippen LogP contribution is 2.27. The third-order valence-electron chi connectivity index (χ3n) is 5.45. The maximum absolute atomic E-state index is 12.8. The zero-order valence-corrected chi connectivity index (χ0v) is 14.6. The maximum atomic E-state index is 12.8. The van der Waals surface area contributed by atoms with E-state index in [9.17, 15) is 14.7 Å². The van der Waals surface area contributed by atoms with Crippen molar-refractivity contribution in [3.63, 3.8) is 0 Å². The summed E-state index contributed by atoms with van der Waals surface area (Å²) >= 11 is 0. The Morgan fingerprint density at radius 1 is 1.32 bits per heavy atom. The van der Waals surface area contributed by atoms with Crippen LogP contribution in [0.1, 0.15) is 31.4 Å². The molecule has 2 saturated heterocycles. The minimum absolute atomic E-state index is 0.0553. The molecule has 1 aromatic heterocycles. The molecule has 2 amide bonds. The summed E-state index contributed by atoms with van der Waals surface area (Å²) in [5.41, 5.74) is 0.493. The van der Waals surface area contributed by atoms with Gasteiger partial charge in [-0.15, -0.1) is 0 Å². The fraction of sp³-hybridized carbons (Fsp3) is 0.611. The van der Waals surface area contributed by atoms with E-state index < -0.39 is 11.6 Å². The van der Waals surface area contributed by atoms with E-state index in [0.29, 0.717) is 32.4 Å². The van der Waals surface area contributed by atoms with Gasteiger partial charge in [-0.25, -0.2) is 4.79 Å². The number of carboxylic acid groups (broad SMARTS) is 1. The molecule has 2 fully saturated rings. The van der Waals surface area contributed by atoms with Gasteiger partial charge in [-0.3, -0.25) is 14.7 Å². The van der Waals surface area contributed by atoms with Crippen LogP contribution in [0.5, 0.6) is 0 Å². The zero-order valence-electron chi connectivity index (χ0n) is 14.6. The normalized spacial score (nSPS) is 23.4. The van der Waals surface area contributed by atoms with Crippen LogP contribution >= 0.6 is 0 Å². The average molecular weight is 346 g/mol. The van der Waals surface area contributed by atoms with Crippen molar-refractivity contribution in [1.29, 1.82) is 0 Å². The number of piperidine rings is 1. The molecule has 0 spiro atoms. The summed E-state index contributed by atoms with van der Waals surface area (Å²) in [6.45, 7) is 1.81. The third kappa shape index (κ3) is 4.10. The van der Waals surface area contributed by atoms with Crippen molar-refractivity contribution < 1.29 is 14.7 Å². The SMILES string of the molecule is CN1CCC[C@@H]1C(=O)NC1(Cc2ccccn2)CCN(C(=O)O)CC1. The van der Waals surface area contributed by atoms with Gasteiger partial charge in [-0.1, -0.05) is 6.07 Å². The van der Waals surface area contributed by atoms with E-state index in [2.05, 4.69) is 15.2 Å². The Morgan fingerprint density at radius 3 is 2.64 bits per heavy atom. The molecular weight excluding hydrogens is 320 g/mol. The molecular formula is C18H26N4O3. The quantitative estimate of drug-likeness (QED) is 0.859. The van der Waals surface area contributed by atoms with Crippen LogP contribution in [0, 0.1) is 0 Å². The Kier molecular flexibility index (Phi) is 5.22. The summed E-state index contributed by atoms with van der Waals surface area (Å²) in [5.74, 6) is 0.0553. The molecule has 0 aliphatic carbocycles. The number of carbonyl (C=O) groups is 2. The fourth-order valence-electron chi connectivity index (χ4n) is 3.91. The van der Waals surface area contributed by atoms with E-state index in [-0.39, 0.29) is 11.9 Å². The summed E-state index contributed by atoms with van der Waals surface area (Å²) in [7, 11) is 1.98. The molecule has 0 saturated carbocycles. The lowest BCUT2D eigenvalue weighted by Gasteiger charge is -2.42. The second kappa shape index (κ2) is 7.39. The van der Waals surface area contributed by atoms with Crippen LogP contribution in [-0.4, -0.2) is 70.2 Å². The van der Waals surface area contributed by atoms with Gasteiger partial charge < -0.3 is 15.3 Å². The second-order valence-electron chi connectivity index (χ2n) is 7.18. The number of hydrogen-bond acceptors (Lipinski definition) is 4. The van der Waals surface area contributed by atoms with E-state index in [0.717, 1.165) is 25.1 Å². The molecule has 7 nitrogen and oxygen atoms in total. The lowest BCUT2D eigenvalue weighted by atomic mass is 9.82. The summed E-state index contributed by atoms with van der Waals surface area (Å²) in [5, 5.41) is 12.5. The Hall–Kier alpha value is -2.15. The van der Waals surface area contributed by atoms with Gasteiger partial charge in [-0.2, -0.15) is 0 Å². The third-order valence-corrected chi connectivity index (χ3v) is 5.45. The number of rotatable bonds is 4. The Labute approximate surface area is 148 Å². The van der Waals surface area contributed by atoms with Crippen LogP contribution < -0.4 is 5.32 Å². The highest BCUT2D eigenvalue weighted by atomic mass is 16.4. The molecule has 2 aliphatic heterocycles. The highest BCUT2D eigenvalue weighted by molar-refractivity contribution is 5.82. The van der Waals surface area contributed by atoms with Crippen molar-refractivity contribution in [3.05, 3.63) is 30.1 Å². The van der Waals surface area contributed by atoms with E-state index in [1.54, 1.807) is 6.20 Å². The van der Waals surface area contributed by atoms with E-state index in [1.165, 1.54) is 4.90 Å². The summed E-state index contributed by atoms with van der Waals surface area (Å²) in [6, 6.07) is 5.68. The average Bonchev–Trinajstić information content (AvgIpc) is 3.02. The van der Waals surface area contributed by atoms with E-state index >= 15 is 0 Å². The minimum atomic E-state index is -0.895. The standard InChI is InChI=1S/C18H26N4O3/c1-21-10-4-6-15(21)16(23)20-18(13-14-5-2-3-9-19-14)7-11-22(12-8-18)17(24)25/h2-3,5,9,15H,4,6-8,10-13H2,1H3,(H,20,23)(H,24,25)/t15-/m1/s1. The number of nitrogens with zero attached hydrogens (tertiary/aromatic N) is 3. The van der Waals surface area contributed by atoms with Crippen molar-refractivity contribution in [2.45, 2.75) is 43.7 Å². The molecule has 1 atom stereocenters. The van der Waals surface area contributed by atoms with Crippen molar-refractivity contribution in [3.8, 4) is 0 Å². The van der Waals surface area contributed by atoms with Crippen molar-refractivity contribution in [2.75, 3.05) is 26.7 Å². The Bertz CT molecular complexity index is 614. The number of amides is 2. The maximum Gasteiger partial charge on any atom is 0.407 e. The number of likely N-dealkylation sites (N-methyl/N-ethyl adjacent to an activating group) is 1. The summed E-state index contributed by atoms with van der Waals surface area (Å²) in [6.07, 6.45) is 4.62. The molecule has 2 N–H and O–H groups in total. The molecule has 0 aromatic carbocycles. The predicted molar refractivity (Wildman–Crippen MR) is 93.3 cm³/mol. The van der Waals surface area contributed by atoms with Crippen LogP contribution in [0.3, 0.4) is 0 Å². The first-order valence-electron chi connectivity index (χ1n) is 8.89. The number of pyridine rings is 1. The molecule has 25 heavy (non-hydrogen) atoms. The van der Waals surface area contributed by atoms with Gasteiger partial charge >= 0.3 is 6.09 Å².